The zero-order valence-electron chi connectivity index (χ0n) is 13.9. The van der Waals surface area contributed by atoms with Gasteiger partial charge in [-0.3, -0.25) is 4.79 Å². The fourth-order valence-corrected chi connectivity index (χ4v) is 2.18. The standard InChI is InChI=1S/C17H20N4O3/c1-4-21(15-10-18-14(9-19-15)17(23)24)11-12-5-7-13(8-6-12)16(22)20(2)3/h5-10H,4,11H2,1-3H3,(H,23,24). The molecular weight excluding hydrogens is 308 g/mol. The molecule has 126 valence electrons. The number of carboxylic acids is 1. The first kappa shape index (κ1) is 17.4. The summed E-state index contributed by atoms with van der Waals surface area (Å²) in [4.78, 5) is 34.3. The maximum Gasteiger partial charge on any atom is 0.356 e. The van der Waals surface area contributed by atoms with Crippen LogP contribution in [0.15, 0.2) is 36.7 Å². The topological polar surface area (TPSA) is 86.6 Å². The zero-order chi connectivity index (χ0) is 17.7. The Morgan fingerprint density at radius 1 is 1.08 bits per heavy atom. The molecule has 0 atom stereocenters. The van der Waals surface area contributed by atoms with Crippen LogP contribution in [0.1, 0.15) is 33.3 Å². The van der Waals surface area contributed by atoms with Gasteiger partial charge >= 0.3 is 5.97 Å². The third kappa shape index (κ3) is 4.07. The molecule has 7 heteroatoms. The van der Waals surface area contributed by atoms with Gasteiger partial charge in [-0.15, -0.1) is 0 Å². The van der Waals surface area contributed by atoms with Crippen molar-refractivity contribution in [1.29, 1.82) is 0 Å². The van der Waals surface area contributed by atoms with Crippen LogP contribution >= 0.6 is 0 Å². The van der Waals surface area contributed by atoms with E-state index < -0.39 is 5.97 Å². The average Bonchev–Trinajstić information content (AvgIpc) is 2.59. The van der Waals surface area contributed by atoms with Crippen LogP contribution in [0.2, 0.25) is 0 Å². The Hall–Kier alpha value is -2.96. The van der Waals surface area contributed by atoms with Crippen molar-refractivity contribution in [2.24, 2.45) is 0 Å². The van der Waals surface area contributed by atoms with Gasteiger partial charge in [0.25, 0.3) is 5.91 Å². The van der Waals surface area contributed by atoms with E-state index in [1.54, 1.807) is 26.2 Å². The van der Waals surface area contributed by atoms with E-state index >= 15 is 0 Å². The monoisotopic (exact) mass is 328 g/mol. The maximum atomic E-state index is 11.9. The second kappa shape index (κ2) is 7.54. The molecule has 0 saturated heterocycles. The van der Waals surface area contributed by atoms with Gasteiger partial charge in [0.1, 0.15) is 5.82 Å². The van der Waals surface area contributed by atoms with E-state index in [1.165, 1.54) is 17.3 Å². The van der Waals surface area contributed by atoms with Gasteiger partial charge in [0.2, 0.25) is 0 Å². The molecule has 0 spiro atoms. The number of anilines is 1. The second-order valence-electron chi connectivity index (χ2n) is 5.48. The normalized spacial score (nSPS) is 10.3. The first-order valence-corrected chi connectivity index (χ1v) is 7.53. The number of carbonyl (C=O) groups is 2. The molecule has 0 bridgehead atoms. The molecule has 0 saturated carbocycles. The van der Waals surface area contributed by atoms with Crippen LogP contribution in [0.3, 0.4) is 0 Å². The van der Waals surface area contributed by atoms with E-state index in [1.807, 2.05) is 24.0 Å². The van der Waals surface area contributed by atoms with Gasteiger partial charge in [-0.1, -0.05) is 12.1 Å². The molecule has 0 radical (unpaired) electrons. The van der Waals surface area contributed by atoms with Crippen molar-refractivity contribution in [2.45, 2.75) is 13.5 Å². The number of hydrogen-bond donors (Lipinski definition) is 1. The van der Waals surface area contributed by atoms with Crippen LogP contribution in [0.25, 0.3) is 0 Å². The quantitative estimate of drug-likeness (QED) is 0.871. The largest absolute Gasteiger partial charge is 0.476 e. The summed E-state index contributed by atoms with van der Waals surface area (Å²) in [7, 11) is 3.43. The van der Waals surface area contributed by atoms with Gasteiger partial charge < -0.3 is 14.9 Å². The number of rotatable bonds is 6. The molecule has 1 amide bonds. The summed E-state index contributed by atoms with van der Waals surface area (Å²) < 4.78 is 0. The van der Waals surface area contributed by atoms with E-state index in [-0.39, 0.29) is 11.6 Å². The lowest BCUT2D eigenvalue weighted by molar-refractivity contribution is 0.0689. The van der Waals surface area contributed by atoms with Gasteiger partial charge in [-0.05, 0) is 24.6 Å². The summed E-state index contributed by atoms with van der Waals surface area (Å²) in [5, 5.41) is 8.87. The third-order valence-corrected chi connectivity index (χ3v) is 3.54. The number of carbonyl (C=O) groups excluding carboxylic acids is 1. The van der Waals surface area contributed by atoms with Crippen molar-refractivity contribution in [3.8, 4) is 0 Å². The maximum absolute atomic E-state index is 11.9. The number of nitrogens with zero attached hydrogens (tertiary/aromatic N) is 4. The molecule has 1 N–H and O–H groups in total. The van der Waals surface area contributed by atoms with Crippen molar-refractivity contribution in [1.82, 2.24) is 14.9 Å². The number of amides is 1. The van der Waals surface area contributed by atoms with E-state index in [0.29, 0.717) is 24.5 Å². The zero-order valence-corrected chi connectivity index (χ0v) is 13.9. The fourth-order valence-electron chi connectivity index (χ4n) is 2.18. The van der Waals surface area contributed by atoms with Crippen LogP contribution in [0, 0.1) is 0 Å². The van der Waals surface area contributed by atoms with Gasteiger partial charge in [0.15, 0.2) is 5.69 Å². The minimum absolute atomic E-state index is 0.0379. The highest BCUT2D eigenvalue weighted by atomic mass is 16.4. The van der Waals surface area contributed by atoms with Crippen LogP contribution < -0.4 is 4.90 Å². The molecule has 2 rings (SSSR count). The summed E-state index contributed by atoms with van der Waals surface area (Å²) in [5.41, 5.74) is 1.58. The van der Waals surface area contributed by atoms with Gasteiger partial charge in [-0.2, -0.15) is 0 Å². The Morgan fingerprint density at radius 3 is 2.21 bits per heavy atom. The van der Waals surface area contributed by atoms with Crippen molar-refractivity contribution in [3.05, 3.63) is 53.5 Å². The van der Waals surface area contributed by atoms with E-state index in [4.69, 9.17) is 5.11 Å². The first-order valence-electron chi connectivity index (χ1n) is 7.53. The molecule has 0 aliphatic carbocycles. The molecular formula is C17H20N4O3. The summed E-state index contributed by atoms with van der Waals surface area (Å²) in [6, 6.07) is 7.40. The number of benzene rings is 1. The average molecular weight is 328 g/mol. The van der Waals surface area contributed by atoms with Crippen LogP contribution in [-0.4, -0.2) is 52.5 Å². The minimum atomic E-state index is -1.10. The summed E-state index contributed by atoms with van der Waals surface area (Å²) >= 11 is 0. The van der Waals surface area contributed by atoms with E-state index in [9.17, 15) is 9.59 Å². The van der Waals surface area contributed by atoms with E-state index in [0.717, 1.165) is 5.56 Å². The number of aromatic carboxylic acids is 1. The van der Waals surface area contributed by atoms with Gasteiger partial charge in [0.05, 0.1) is 12.4 Å². The lowest BCUT2D eigenvalue weighted by Crippen LogP contribution is -2.24. The molecule has 24 heavy (non-hydrogen) atoms. The van der Waals surface area contributed by atoms with Gasteiger partial charge in [-0.25, -0.2) is 14.8 Å². The van der Waals surface area contributed by atoms with Crippen molar-refractivity contribution < 1.29 is 14.7 Å². The van der Waals surface area contributed by atoms with Crippen molar-refractivity contribution >= 4 is 17.7 Å². The van der Waals surface area contributed by atoms with Gasteiger partial charge in [0, 0.05) is 32.7 Å². The highest BCUT2D eigenvalue weighted by molar-refractivity contribution is 5.93. The molecule has 1 aromatic carbocycles. The Balaban J connectivity index is 2.12. The Kier molecular flexibility index (Phi) is 5.47. The Bertz CT molecular complexity index is 712. The highest BCUT2D eigenvalue weighted by Crippen LogP contribution is 2.14. The lowest BCUT2D eigenvalue weighted by Gasteiger charge is -2.21. The lowest BCUT2D eigenvalue weighted by atomic mass is 10.1. The SMILES string of the molecule is CCN(Cc1ccc(C(=O)N(C)C)cc1)c1cnc(C(=O)O)cn1. The number of carboxylic acid groups (broad SMARTS) is 1. The minimum Gasteiger partial charge on any atom is -0.476 e. The molecule has 1 heterocycles. The molecule has 0 fully saturated rings. The second-order valence-corrected chi connectivity index (χ2v) is 5.48. The number of hydrogen-bond acceptors (Lipinski definition) is 5. The molecule has 0 aliphatic heterocycles. The van der Waals surface area contributed by atoms with Crippen LogP contribution in [0.4, 0.5) is 5.82 Å². The predicted molar refractivity (Wildman–Crippen MR) is 90.2 cm³/mol. The molecule has 0 aliphatic rings. The fraction of sp³-hybridized carbons (Fsp3) is 0.294. The smallest absolute Gasteiger partial charge is 0.356 e. The molecule has 1 aromatic heterocycles. The first-order chi connectivity index (χ1) is 11.4. The predicted octanol–water partition coefficient (Wildman–Crippen LogP) is 1.90. The Morgan fingerprint density at radius 2 is 1.75 bits per heavy atom. The summed E-state index contributed by atoms with van der Waals surface area (Å²) in [6.07, 6.45) is 2.70. The summed E-state index contributed by atoms with van der Waals surface area (Å²) in [5.74, 6) is -0.529. The Labute approximate surface area is 140 Å². The highest BCUT2D eigenvalue weighted by Gasteiger charge is 2.11. The van der Waals surface area contributed by atoms with E-state index in [2.05, 4.69) is 9.97 Å². The molecule has 0 unspecified atom stereocenters. The summed E-state index contributed by atoms with van der Waals surface area (Å²) in [6.45, 7) is 3.27. The van der Waals surface area contributed by atoms with Crippen LogP contribution in [-0.2, 0) is 6.54 Å². The third-order valence-electron chi connectivity index (χ3n) is 3.54. The van der Waals surface area contributed by atoms with Crippen molar-refractivity contribution in [3.63, 3.8) is 0 Å². The molecule has 2 aromatic rings. The number of aromatic nitrogens is 2. The molecule has 7 nitrogen and oxygen atoms in total. The van der Waals surface area contributed by atoms with Crippen LogP contribution in [0.5, 0.6) is 0 Å². The van der Waals surface area contributed by atoms with Crippen molar-refractivity contribution in [2.75, 3.05) is 25.5 Å².